The molecule has 0 aromatic heterocycles. The van der Waals surface area contributed by atoms with E-state index in [1.807, 2.05) is 0 Å². The second-order valence-electron chi connectivity index (χ2n) is 5.68. The molecule has 0 amide bonds. The van der Waals surface area contributed by atoms with Gasteiger partial charge in [0.15, 0.2) is 28.9 Å². The molecule has 1 heterocycles. The first-order chi connectivity index (χ1) is 12.5. The highest BCUT2D eigenvalue weighted by molar-refractivity contribution is 8.14. The van der Waals surface area contributed by atoms with Crippen LogP contribution >= 0.6 is 11.8 Å². The normalized spacial score (nSPS) is 27.2. The predicted octanol–water partition coefficient (Wildman–Crippen LogP) is 0.349. The van der Waals surface area contributed by atoms with E-state index >= 15 is 0 Å². The number of thioether (sulfide) groups is 1. The fourth-order valence-electron chi connectivity index (χ4n) is 2.45. The summed E-state index contributed by atoms with van der Waals surface area (Å²) in [5.74, 6) is -2.76. The van der Waals surface area contributed by atoms with Gasteiger partial charge in [-0.3, -0.25) is 24.0 Å². The summed E-state index contributed by atoms with van der Waals surface area (Å²) in [6.07, 6.45) is -4.76. The number of ether oxygens (including phenoxy) is 5. The first-order valence-electron chi connectivity index (χ1n) is 7.99. The van der Waals surface area contributed by atoms with E-state index in [-0.39, 0.29) is 11.7 Å². The number of hydrogen-bond acceptors (Lipinski definition) is 11. The van der Waals surface area contributed by atoms with E-state index in [1.165, 1.54) is 13.8 Å². The van der Waals surface area contributed by atoms with Gasteiger partial charge in [-0.15, -0.1) is 0 Å². The molecule has 0 saturated carbocycles. The first-order valence-corrected chi connectivity index (χ1v) is 8.87. The standard InChI is InChI=1S/C16H22O10S/c1-7(17)22-6-12-13(23-8(2)18)14(24-9(3)19)15(25-10(4)20)16(26-12)27-11(5)21/h12-16H,6H2,1-5H3/t12-,13+,14-,15+,16+/m0/s1. The van der Waals surface area contributed by atoms with Gasteiger partial charge < -0.3 is 23.7 Å². The monoisotopic (exact) mass is 406 g/mol. The summed E-state index contributed by atoms with van der Waals surface area (Å²) in [5.41, 5.74) is -1.07. The van der Waals surface area contributed by atoms with Gasteiger partial charge in [0.05, 0.1) is 0 Å². The first kappa shape index (κ1) is 22.9. The molecule has 1 rings (SSSR count). The molecule has 0 aromatic carbocycles. The minimum Gasteiger partial charge on any atom is -0.463 e. The summed E-state index contributed by atoms with van der Waals surface area (Å²) in [5, 5.41) is -0.351. The van der Waals surface area contributed by atoms with Gasteiger partial charge in [-0.1, -0.05) is 11.8 Å². The van der Waals surface area contributed by atoms with E-state index in [2.05, 4.69) is 0 Å². The molecule has 0 radical (unpaired) electrons. The van der Waals surface area contributed by atoms with Crippen LogP contribution in [0.4, 0.5) is 0 Å². The van der Waals surface area contributed by atoms with Gasteiger partial charge in [0.1, 0.15) is 12.7 Å². The molecule has 1 aliphatic rings. The van der Waals surface area contributed by atoms with Crippen LogP contribution < -0.4 is 0 Å². The number of carbonyl (C=O) groups excluding carboxylic acids is 5. The Labute approximate surface area is 160 Å². The van der Waals surface area contributed by atoms with E-state index in [1.54, 1.807) is 0 Å². The zero-order chi connectivity index (χ0) is 20.7. The maximum absolute atomic E-state index is 11.6. The van der Waals surface area contributed by atoms with E-state index in [9.17, 15) is 24.0 Å². The summed E-state index contributed by atoms with van der Waals surface area (Å²) < 4.78 is 26.2. The summed E-state index contributed by atoms with van der Waals surface area (Å²) in [7, 11) is 0. The summed E-state index contributed by atoms with van der Waals surface area (Å²) >= 11 is 0.705. The Kier molecular flexibility index (Phi) is 8.70. The number of rotatable bonds is 6. The molecule has 1 fully saturated rings. The molecule has 1 saturated heterocycles. The van der Waals surface area contributed by atoms with Crippen molar-refractivity contribution in [2.24, 2.45) is 0 Å². The molecule has 0 N–H and O–H groups in total. The van der Waals surface area contributed by atoms with Gasteiger partial charge >= 0.3 is 23.9 Å². The Morgan fingerprint density at radius 2 is 1.22 bits per heavy atom. The van der Waals surface area contributed by atoms with Crippen molar-refractivity contribution in [2.45, 2.75) is 64.5 Å². The number of carbonyl (C=O) groups is 5. The average Bonchev–Trinajstić information content (AvgIpc) is 2.49. The molecule has 0 bridgehead atoms. The van der Waals surface area contributed by atoms with Crippen molar-refractivity contribution in [3.05, 3.63) is 0 Å². The highest BCUT2D eigenvalue weighted by atomic mass is 32.2. The number of hydrogen-bond donors (Lipinski definition) is 0. The van der Waals surface area contributed by atoms with E-state index in [4.69, 9.17) is 23.7 Å². The molecule has 0 unspecified atom stereocenters. The SMILES string of the molecule is CC(=O)OC[C@@H]1O[C@H](SC(C)=O)[C@H](OC(C)=O)[C@@H](OC(C)=O)[C@@H]1OC(C)=O. The predicted molar refractivity (Wildman–Crippen MR) is 90.2 cm³/mol. The molecule has 152 valence electrons. The fraction of sp³-hybridized carbons (Fsp3) is 0.688. The van der Waals surface area contributed by atoms with E-state index in [0.717, 1.165) is 20.8 Å². The Balaban J connectivity index is 3.29. The molecule has 10 nitrogen and oxygen atoms in total. The van der Waals surface area contributed by atoms with Crippen LogP contribution in [0.1, 0.15) is 34.6 Å². The van der Waals surface area contributed by atoms with Crippen molar-refractivity contribution in [3.63, 3.8) is 0 Å². The van der Waals surface area contributed by atoms with Crippen LogP contribution in [0.25, 0.3) is 0 Å². The second-order valence-corrected chi connectivity index (χ2v) is 6.95. The Bertz CT molecular complexity index is 604. The maximum Gasteiger partial charge on any atom is 0.303 e. The lowest BCUT2D eigenvalue weighted by Gasteiger charge is -2.43. The number of esters is 4. The van der Waals surface area contributed by atoms with Gasteiger partial charge in [0.25, 0.3) is 0 Å². The molecule has 27 heavy (non-hydrogen) atoms. The van der Waals surface area contributed by atoms with Crippen molar-refractivity contribution in [1.29, 1.82) is 0 Å². The lowest BCUT2D eigenvalue weighted by Crippen LogP contribution is -2.61. The van der Waals surface area contributed by atoms with Crippen molar-refractivity contribution in [3.8, 4) is 0 Å². The average molecular weight is 406 g/mol. The molecule has 0 spiro atoms. The van der Waals surface area contributed by atoms with Crippen LogP contribution in [0.2, 0.25) is 0 Å². The Morgan fingerprint density at radius 3 is 1.67 bits per heavy atom. The van der Waals surface area contributed by atoms with Crippen molar-refractivity contribution in [1.82, 2.24) is 0 Å². The third-order valence-electron chi connectivity index (χ3n) is 3.23. The topological polar surface area (TPSA) is 132 Å². The quantitative estimate of drug-likeness (QED) is 0.447. The summed E-state index contributed by atoms with van der Waals surface area (Å²) in [6, 6.07) is 0. The summed E-state index contributed by atoms with van der Waals surface area (Å²) in [4.78, 5) is 57.3. The Hall–Kier alpha value is -2.14. The molecule has 0 aliphatic carbocycles. The minimum absolute atomic E-state index is 0.327. The second kappa shape index (κ2) is 10.3. The van der Waals surface area contributed by atoms with Crippen LogP contribution in [-0.4, -0.2) is 65.5 Å². The van der Waals surface area contributed by atoms with E-state index in [0.29, 0.717) is 11.8 Å². The third kappa shape index (κ3) is 7.55. The highest BCUT2D eigenvalue weighted by Gasteiger charge is 2.52. The minimum atomic E-state index is -1.26. The molecule has 11 heteroatoms. The van der Waals surface area contributed by atoms with Gasteiger partial charge in [-0.25, -0.2) is 0 Å². The largest absolute Gasteiger partial charge is 0.463 e. The van der Waals surface area contributed by atoms with Gasteiger partial charge in [-0.2, -0.15) is 0 Å². The molecule has 5 atom stereocenters. The molecular weight excluding hydrogens is 384 g/mol. The van der Waals surface area contributed by atoms with Crippen LogP contribution in [-0.2, 0) is 47.7 Å². The zero-order valence-electron chi connectivity index (χ0n) is 15.6. The van der Waals surface area contributed by atoms with Gasteiger partial charge in [0.2, 0.25) is 0 Å². The molecule has 0 aromatic rings. The van der Waals surface area contributed by atoms with Gasteiger partial charge in [-0.05, 0) is 0 Å². The van der Waals surface area contributed by atoms with Crippen LogP contribution in [0.15, 0.2) is 0 Å². The van der Waals surface area contributed by atoms with Crippen molar-refractivity contribution < 1.29 is 47.7 Å². The van der Waals surface area contributed by atoms with E-state index < -0.39 is 53.7 Å². The van der Waals surface area contributed by atoms with Crippen LogP contribution in [0, 0.1) is 0 Å². The maximum atomic E-state index is 11.6. The molecular formula is C16H22O10S. The van der Waals surface area contributed by atoms with Crippen LogP contribution in [0.5, 0.6) is 0 Å². The third-order valence-corrected chi connectivity index (χ3v) is 4.17. The summed E-state index contributed by atoms with van der Waals surface area (Å²) in [6.45, 7) is 5.51. The lowest BCUT2D eigenvalue weighted by atomic mass is 9.99. The lowest BCUT2D eigenvalue weighted by molar-refractivity contribution is -0.237. The van der Waals surface area contributed by atoms with Gasteiger partial charge in [0, 0.05) is 34.6 Å². The highest BCUT2D eigenvalue weighted by Crippen LogP contribution is 2.34. The van der Waals surface area contributed by atoms with Crippen molar-refractivity contribution in [2.75, 3.05) is 6.61 Å². The fourth-order valence-corrected chi connectivity index (χ4v) is 3.32. The Morgan fingerprint density at radius 1 is 0.741 bits per heavy atom. The smallest absolute Gasteiger partial charge is 0.303 e. The van der Waals surface area contributed by atoms with Crippen LogP contribution in [0.3, 0.4) is 0 Å². The zero-order valence-corrected chi connectivity index (χ0v) is 16.4. The van der Waals surface area contributed by atoms with Crippen molar-refractivity contribution >= 4 is 40.8 Å². The molecule has 1 aliphatic heterocycles.